The highest BCUT2D eigenvalue weighted by molar-refractivity contribution is 9.10. The van der Waals surface area contributed by atoms with Crippen LogP contribution in [0, 0.1) is 0 Å². The standard InChI is InChI=1S/C17H18BrN/c1-2-3-4-6-12-7-5-8-14-15-11-13(18)9-10-16(15)19-17(12)14/h5,7-11,19H,2-4,6H2,1H3. The molecule has 1 aromatic heterocycles. The SMILES string of the molecule is CCCCCc1cccc2c1[nH]c1ccc(Br)cc12. The summed E-state index contributed by atoms with van der Waals surface area (Å²) in [7, 11) is 0. The molecule has 0 saturated heterocycles. The van der Waals surface area contributed by atoms with Crippen molar-refractivity contribution in [3.8, 4) is 0 Å². The number of benzene rings is 2. The number of aromatic amines is 1. The largest absolute Gasteiger partial charge is 0.354 e. The van der Waals surface area contributed by atoms with E-state index in [1.54, 1.807) is 0 Å². The predicted molar refractivity (Wildman–Crippen MR) is 86.7 cm³/mol. The zero-order valence-corrected chi connectivity index (χ0v) is 12.8. The Hall–Kier alpha value is -1.28. The van der Waals surface area contributed by atoms with Gasteiger partial charge in [0.05, 0.1) is 0 Å². The van der Waals surface area contributed by atoms with Crippen molar-refractivity contribution in [2.24, 2.45) is 0 Å². The first-order valence-electron chi connectivity index (χ1n) is 6.98. The van der Waals surface area contributed by atoms with E-state index in [2.05, 4.69) is 64.2 Å². The average Bonchev–Trinajstić information content (AvgIpc) is 2.78. The Labute approximate surface area is 122 Å². The second-order valence-corrected chi connectivity index (χ2v) is 6.03. The van der Waals surface area contributed by atoms with E-state index in [1.165, 1.54) is 53.1 Å². The zero-order chi connectivity index (χ0) is 13.2. The Morgan fingerprint density at radius 3 is 2.79 bits per heavy atom. The molecule has 0 amide bonds. The van der Waals surface area contributed by atoms with Crippen LogP contribution in [0.2, 0.25) is 0 Å². The molecule has 98 valence electrons. The third-order valence-electron chi connectivity index (χ3n) is 3.73. The fourth-order valence-electron chi connectivity index (χ4n) is 2.73. The van der Waals surface area contributed by atoms with Crippen molar-refractivity contribution in [3.05, 3.63) is 46.4 Å². The van der Waals surface area contributed by atoms with Gasteiger partial charge in [0.25, 0.3) is 0 Å². The number of aryl methyl sites for hydroxylation is 1. The summed E-state index contributed by atoms with van der Waals surface area (Å²) in [6.45, 7) is 2.25. The fraction of sp³-hybridized carbons (Fsp3) is 0.294. The van der Waals surface area contributed by atoms with Gasteiger partial charge in [0.2, 0.25) is 0 Å². The van der Waals surface area contributed by atoms with Gasteiger partial charge < -0.3 is 4.98 Å². The molecule has 0 aliphatic rings. The summed E-state index contributed by atoms with van der Waals surface area (Å²) >= 11 is 3.56. The van der Waals surface area contributed by atoms with Crippen molar-refractivity contribution in [2.75, 3.05) is 0 Å². The van der Waals surface area contributed by atoms with E-state index >= 15 is 0 Å². The molecule has 0 atom stereocenters. The van der Waals surface area contributed by atoms with Gasteiger partial charge in [-0.15, -0.1) is 0 Å². The van der Waals surface area contributed by atoms with Gasteiger partial charge >= 0.3 is 0 Å². The molecule has 3 aromatic rings. The first-order valence-corrected chi connectivity index (χ1v) is 7.77. The average molecular weight is 316 g/mol. The van der Waals surface area contributed by atoms with Crippen LogP contribution in [0.1, 0.15) is 31.7 Å². The summed E-state index contributed by atoms with van der Waals surface area (Å²) in [5.41, 5.74) is 3.98. The monoisotopic (exact) mass is 315 g/mol. The second kappa shape index (κ2) is 5.38. The number of H-pyrrole nitrogens is 1. The summed E-state index contributed by atoms with van der Waals surface area (Å²) in [5, 5.41) is 2.65. The lowest BCUT2D eigenvalue weighted by atomic mass is 10.0. The number of halogens is 1. The smallest absolute Gasteiger partial charge is 0.0497 e. The maximum atomic E-state index is 3.58. The Kier molecular flexibility index (Phi) is 3.61. The van der Waals surface area contributed by atoms with E-state index in [-0.39, 0.29) is 0 Å². The van der Waals surface area contributed by atoms with Gasteiger partial charge in [-0.05, 0) is 36.6 Å². The molecule has 0 radical (unpaired) electrons. The molecule has 3 rings (SSSR count). The third-order valence-corrected chi connectivity index (χ3v) is 4.23. The molecule has 0 aliphatic carbocycles. The molecule has 0 bridgehead atoms. The number of nitrogens with one attached hydrogen (secondary N) is 1. The third kappa shape index (κ3) is 2.42. The highest BCUT2D eigenvalue weighted by Gasteiger charge is 2.07. The number of hydrogen-bond acceptors (Lipinski definition) is 0. The van der Waals surface area contributed by atoms with Crippen LogP contribution in [0.25, 0.3) is 21.8 Å². The number of para-hydroxylation sites is 1. The second-order valence-electron chi connectivity index (χ2n) is 5.11. The minimum absolute atomic E-state index is 1.14. The van der Waals surface area contributed by atoms with Gasteiger partial charge in [-0.1, -0.05) is 53.9 Å². The summed E-state index contributed by atoms with van der Waals surface area (Å²) < 4.78 is 1.14. The zero-order valence-electron chi connectivity index (χ0n) is 11.2. The molecule has 19 heavy (non-hydrogen) atoms. The van der Waals surface area contributed by atoms with E-state index in [0.29, 0.717) is 0 Å². The van der Waals surface area contributed by atoms with Crippen molar-refractivity contribution in [2.45, 2.75) is 32.6 Å². The topological polar surface area (TPSA) is 15.8 Å². The fourth-order valence-corrected chi connectivity index (χ4v) is 3.09. The maximum Gasteiger partial charge on any atom is 0.0497 e. The number of unbranched alkanes of at least 4 members (excludes halogenated alkanes) is 2. The molecule has 1 heterocycles. The number of rotatable bonds is 4. The lowest BCUT2D eigenvalue weighted by Crippen LogP contribution is -1.87. The minimum Gasteiger partial charge on any atom is -0.354 e. The predicted octanol–water partition coefficient (Wildman–Crippen LogP) is 5.82. The Morgan fingerprint density at radius 2 is 1.95 bits per heavy atom. The molecule has 0 aliphatic heterocycles. The lowest BCUT2D eigenvalue weighted by Gasteiger charge is -2.02. The van der Waals surface area contributed by atoms with Crippen molar-refractivity contribution in [3.63, 3.8) is 0 Å². The number of fused-ring (bicyclic) bond motifs is 3. The van der Waals surface area contributed by atoms with Gasteiger partial charge in [-0.2, -0.15) is 0 Å². The molecule has 0 saturated carbocycles. The van der Waals surface area contributed by atoms with Crippen molar-refractivity contribution in [1.29, 1.82) is 0 Å². The van der Waals surface area contributed by atoms with Crippen molar-refractivity contribution < 1.29 is 0 Å². The normalized spacial score (nSPS) is 11.5. The minimum atomic E-state index is 1.14. The summed E-state index contributed by atoms with van der Waals surface area (Å²) in [5.74, 6) is 0. The number of aromatic nitrogens is 1. The first-order chi connectivity index (χ1) is 9.29. The molecule has 0 unspecified atom stereocenters. The van der Waals surface area contributed by atoms with Gasteiger partial charge in [-0.3, -0.25) is 0 Å². The van der Waals surface area contributed by atoms with Crippen LogP contribution in [-0.2, 0) is 6.42 Å². The molecular formula is C17H18BrN. The molecule has 0 fully saturated rings. The Bertz CT molecular complexity index is 712. The molecule has 0 spiro atoms. The van der Waals surface area contributed by atoms with Gasteiger partial charge in [-0.25, -0.2) is 0 Å². The molecular weight excluding hydrogens is 298 g/mol. The van der Waals surface area contributed by atoms with Gasteiger partial charge in [0.1, 0.15) is 0 Å². The molecule has 1 N–H and O–H groups in total. The van der Waals surface area contributed by atoms with Crippen LogP contribution in [0.3, 0.4) is 0 Å². The summed E-state index contributed by atoms with van der Waals surface area (Å²) in [4.78, 5) is 3.58. The van der Waals surface area contributed by atoms with Crippen LogP contribution in [0.15, 0.2) is 40.9 Å². The first kappa shape index (κ1) is 12.7. The molecule has 2 heteroatoms. The molecule has 2 aromatic carbocycles. The quantitative estimate of drug-likeness (QED) is 0.584. The Balaban J connectivity index is 2.12. The van der Waals surface area contributed by atoms with Crippen LogP contribution in [-0.4, -0.2) is 4.98 Å². The van der Waals surface area contributed by atoms with Gasteiger partial charge in [0.15, 0.2) is 0 Å². The van der Waals surface area contributed by atoms with Crippen LogP contribution in [0.5, 0.6) is 0 Å². The van der Waals surface area contributed by atoms with E-state index in [0.717, 1.165) is 4.47 Å². The van der Waals surface area contributed by atoms with E-state index < -0.39 is 0 Å². The van der Waals surface area contributed by atoms with Crippen molar-refractivity contribution >= 4 is 37.7 Å². The summed E-state index contributed by atoms with van der Waals surface area (Å²) in [6, 6.07) is 13.1. The van der Waals surface area contributed by atoms with E-state index in [1.807, 2.05) is 0 Å². The van der Waals surface area contributed by atoms with Crippen LogP contribution >= 0.6 is 15.9 Å². The van der Waals surface area contributed by atoms with Crippen LogP contribution < -0.4 is 0 Å². The van der Waals surface area contributed by atoms with Crippen LogP contribution in [0.4, 0.5) is 0 Å². The maximum absolute atomic E-state index is 3.58. The van der Waals surface area contributed by atoms with Crippen molar-refractivity contribution in [1.82, 2.24) is 4.98 Å². The van der Waals surface area contributed by atoms with Gasteiger partial charge in [0, 0.05) is 26.3 Å². The molecule has 1 nitrogen and oxygen atoms in total. The number of hydrogen-bond donors (Lipinski definition) is 1. The van der Waals surface area contributed by atoms with E-state index in [4.69, 9.17) is 0 Å². The lowest BCUT2D eigenvalue weighted by molar-refractivity contribution is 0.719. The highest BCUT2D eigenvalue weighted by Crippen LogP contribution is 2.30. The van der Waals surface area contributed by atoms with E-state index in [9.17, 15) is 0 Å². The highest BCUT2D eigenvalue weighted by atomic mass is 79.9. The summed E-state index contributed by atoms with van der Waals surface area (Å²) in [6.07, 6.45) is 5.02. The Morgan fingerprint density at radius 1 is 1.05 bits per heavy atom.